The Morgan fingerprint density at radius 1 is 1.10 bits per heavy atom. The summed E-state index contributed by atoms with van der Waals surface area (Å²) in [6, 6.07) is 13.8. The molecule has 8 heteroatoms. The van der Waals surface area contributed by atoms with Gasteiger partial charge in [0.15, 0.2) is 18.2 Å². The van der Waals surface area contributed by atoms with Gasteiger partial charge >= 0.3 is 0 Å². The van der Waals surface area contributed by atoms with Crippen molar-refractivity contribution in [3.05, 3.63) is 58.8 Å². The van der Waals surface area contributed by atoms with E-state index < -0.39 is 5.82 Å². The van der Waals surface area contributed by atoms with E-state index >= 15 is 0 Å². The van der Waals surface area contributed by atoms with Crippen LogP contribution in [0.25, 0.3) is 0 Å². The first-order chi connectivity index (χ1) is 14.0. The second-order valence-corrected chi connectivity index (χ2v) is 7.81. The van der Waals surface area contributed by atoms with Crippen molar-refractivity contribution >= 4 is 33.4 Å². The molecule has 6 nitrogen and oxygen atoms in total. The predicted octanol–water partition coefficient (Wildman–Crippen LogP) is 3.19. The van der Waals surface area contributed by atoms with Gasteiger partial charge in [-0.1, -0.05) is 34.1 Å². The highest BCUT2D eigenvalue weighted by Crippen LogP contribution is 2.21. The summed E-state index contributed by atoms with van der Waals surface area (Å²) in [4.78, 5) is 26.3. The third-order valence-corrected chi connectivity index (χ3v) is 5.12. The fourth-order valence-electron chi connectivity index (χ4n) is 3.17. The van der Waals surface area contributed by atoms with Crippen molar-refractivity contribution in [1.29, 1.82) is 0 Å². The normalized spacial score (nSPS) is 15.0. The van der Waals surface area contributed by atoms with Gasteiger partial charge in [0.2, 0.25) is 5.91 Å². The number of hydrogen-bond donors (Lipinski definition) is 2. The van der Waals surface area contributed by atoms with E-state index in [0.29, 0.717) is 11.0 Å². The van der Waals surface area contributed by atoms with Crippen LogP contribution in [0.15, 0.2) is 53.0 Å². The Morgan fingerprint density at radius 3 is 2.52 bits per heavy atom. The monoisotopic (exact) mass is 463 g/mol. The Hall–Kier alpha value is -2.45. The number of benzene rings is 2. The first-order valence-corrected chi connectivity index (χ1v) is 10.2. The number of nitrogens with one attached hydrogen (secondary N) is 2. The van der Waals surface area contributed by atoms with Gasteiger partial charge < -0.3 is 15.4 Å². The molecule has 0 bridgehead atoms. The molecule has 1 saturated heterocycles. The van der Waals surface area contributed by atoms with Crippen LogP contribution in [0, 0.1) is 5.82 Å². The highest BCUT2D eigenvalue weighted by atomic mass is 79.9. The third-order valence-electron chi connectivity index (χ3n) is 4.63. The minimum absolute atomic E-state index is 0.0225. The molecule has 3 rings (SSSR count). The van der Waals surface area contributed by atoms with E-state index in [-0.39, 0.29) is 30.2 Å². The largest absolute Gasteiger partial charge is 0.481 e. The average molecular weight is 464 g/mol. The van der Waals surface area contributed by atoms with Gasteiger partial charge in [0.25, 0.3) is 5.91 Å². The Morgan fingerprint density at radius 2 is 1.83 bits per heavy atom. The second kappa shape index (κ2) is 10.4. The minimum atomic E-state index is -0.519. The Bertz CT molecular complexity index is 842. The summed E-state index contributed by atoms with van der Waals surface area (Å²) in [5, 5.41) is 5.78. The van der Waals surface area contributed by atoms with Crippen LogP contribution in [0.2, 0.25) is 0 Å². The minimum Gasteiger partial charge on any atom is -0.481 e. The number of piperidine rings is 1. The van der Waals surface area contributed by atoms with E-state index in [0.717, 1.165) is 31.6 Å². The van der Waals surface area contributed by atoms with Gasteiger partial charge in [-0.05, 0) is 43.2 Å². The quantitative estimate of drug-likeness (QED) is 0.661. The Balaban J connectivity index is 1.35. The van der Waals surface area contributed by atoms with E-state index in [9.17, 15) is 14.0 Å². The number of likely N-dealkylation sites (tertiary alicyclic amines) is 1. The van der Waals surface area contributed by atoms with Crippen molar-refractivity contribution < 1.29 is 18.7 Å². The standard InChI is InChI=1S/C21H23BrFN3O3/c22-15-6-7-19(18(23)12-15)29-14-21(28)25-17-8-10-26(11-9-17)13-20(27)24-16-4-2-1-3-5-16/h1-7,12,17H,8-11,13-14H2,(H,24,27)(H,25,28). The fraction of sp³-hybridized carbons (Fsp3) is 0.333. The molecule has 1 heterocycles. The number of halogens is 2. The van der Waals surface area contributed by atoms with E-state index in [1.807, 2.05) is 30.3 Å². The summed E-state index contributed by atoms with van der Waals surface area (Å²) in [6.45, 7) is 1.52. The number of carbonyl (C=O) groups is 2. The van der Waals surface area contributed by atoms with Gasteiger partial charge in [-0.3, -0.25) is 14.5 Å². The average Bonchev–Trinajstić information content (AvgIpc) is 2.69. The number of rotatable bonds is 7. The van der Waals surface area contributed by atoms with Crippen LogP contribution >= 0.6 is 15.9 Å². The van der Waals surface area contributed by atoms with Crippen molar-refractivity contribution in [3.63, 3.8) is 0 Å². The van der Waals surface area contributed by atoms with E-state index in [1.54, 1.807) is 6.07 Å². The summed E-state index contributed by atoms with van der Waals surface area (Å²) in [5.41, 5.74) is 0.779. The first kappa shape index (κ1) is 21.3. The Labute approximate surface area is 177 Å². The SMILES string of the molecule is O=C(CN1CCC(NC(=O)COc2ccc(Br)cc2F)CC1)Nc1ccccc1. The Kier molecular flexibility index (Phi) is 7.60. The molecule has 0 spiro atoms. The van der Waals surface area contributed by atoms with Gasteiger partial charge in [-0.25, -0.2) is 4.39 Å². The summed E-state index contributed by atoms with van der Waals surface area (Å²) in [5.74, 6) is -0.812. The molecule has 1 aliphatic rings. The molecular weight excluding hydrogens is 441 g/mol. The van der Waals surface area contributed by atoms with Crippen LogP contribution in [0.3, 0.4) is 0 Å². The van der Waals surface area contributed by atoms with Crippen LogP contribution in [0.5, 0.6) is 5.75 Å². The molecule has 0 aromatic heterocycles. The molecule has 1 fully saturated rings. The molecule has 0 saturated carbocycles. The molecule has 2 N–H and O–H groups in total. The highest BCUT2D eigenvalue weighted by molar-refractivity contribution is 9.10. The maximum Gasteiger partial charge on any atom is 0.258 e. The molecule has 29 heavy (non-hydrogen) atoms. The molecule has 0 unspecified atom stereocenters. The van der Waals surface area contributed by atoms with Crippen molar-refractivity contribution in [2.75, 3.05) is 31.6 Å². The van der Waals surface area contributed by atoms with Crippen LogP contribution in [-0.4, -0.2) is 49.0 Å². The molecule has 154 valence electrons. The molecule has 2 aromatic rings. The zero-order chi connectivity index (χ0) is 20.6. The number of ether oxygens (including phenoxy) is 1. The van der Waals surface area contributed by atoms with Gasteiger partial charge in [0, 0.05) is 29.3 Å². The fourth-order valence-corrected chi connectivity index (χ4v) is 3.50. The van der Waals surface area contributed by atoms with Crippen molar-refractivity contribution in [3.8, 4) is 5.75 Å². The lowest BCUT2D eigenvalue weighted by Crippen LogP contribution is -2.47. The van der Waals surface area contributed by atoms with Gasteiger partial charge in [0.1, 0.15) is 0 Å². The lowest BCUT2D eigenvalue weighted by molar-refractivity contribution is -0.124. The third kappa shape index (κ3) is 6.83. The van der Waals surface area contributed by atoms with Gasteiger partial charge in [0.05, 0.1) is 6.54 Å². The van der Waals surface area contributed by atoms with Crippen LogP contribution in [0.4, 0.5) is 10.1 Å². The smallest absolute Gasteiger partial charge is 0.258 e. The molecule has 0 radical (unpaired) electrons. The van der Waals surface area contributed by atoms with Gasteiger partial charge in [-0.15, -0.1) is 0 Å². The maximum absolute atomic E-state index is 13.7. The van der Waals surface area contributed by atoms with Gasteiger partial charge in [-0.2, -0.15) is 0 Å². The lowest BCUT2D eigenvalue weighted by Gasteiger charge is -2.31. The van der Waals surface area contributed by atoms with Crippen LogP contribution < -0.4 is 15.4 Å². The summed E-state index contributed by atoms with van der Waals surface area (Å²) >= 11 is 3.17. The number of anilines is 1. The van der Waals surface area contributed by atoms with Crippen molar-refractivity contribution in [2.24, 2.45) is 0 Å². The van der Waals surface area contributed by atoms with Crippen LogP contribution in [0.1, 0.15) is 12.8 Å². The number of nitrogens with zero attached hydrogens (tertiary/aromatic N) is 1. The summed E-state index contributed by atoms with van der Waals surface area (Å²) in [6.07, 6.45) is 1.49. The zero-order valence-electron chi connectivity index (χ0n) is 15.9. The number of para-hydroxylation sites is 1. The zero-order valence-corrected chi connectivity index (χ0v) is 17.5. The van der Waals surface area contributed by atoms with E-state index in [2.05, 4.69) is 31.5 Å². The topological polar surface area (TPSA) is 70.7 Å². The predicted molar refractivity (Wildman–Crippen MR) is 112 cm³/mol. The molecule has 0 aliphatic carbocycles. The van der Waals surface area contributed by atoms with Crippen molar-refractivity contribution in [2.45, 2.75) is 18.9 Å². The van der Waals surface area contributed by atoms with E-state index in [4.69, 9.17) is 4.74 Å². The van der Waals surface area contributed by atoms with Crippen molar-refractivity contribution in [1.82, 2.24) is 10.2 Å². The summed E-state index contributed by atoms with van der Waals surface area (Å²) in [7, 11) is 0. The highest BCUT2D eigenvalue weighted by Gasteiger charge is 2.22. The molecule has 1 aliphatic heterocycles. The van der Waals surface area contributed by atoms with Crippen LogP contribution in [-0.2, 0) is 9.59 Å². The number of amides is 2. The second-order valence-electron chi connectivity index (χ2n) is 6.90. The summed E-state index contributed by atoms with van der Waals surface area (Å²) < 4.78 is 19.6. The lowest BCUT2D eigenvalue weighted by atomic mass is 10.1. The molecule has 2 amide bonds. The van der Waals surface area contributed by atoms with E-state index in [1.165, 1.54) is 12.1 Å². The molecule has 0 atom stereocenters. The first-order valence-electron chi connectivity index (χ1n) is 9.44. The number of hydrogen-bond acceptors (Lipinski definition) is 4. The number of carbonyl (C=O) groups excluding carboxylic acids is 2. The molecular formula is C21H23BrFN3O3. The molecule has 2 aromatic carbocycles. The maximum atomic E-state index is 13.7.